The summed E-state index contributed by atoms with van der Waals surface area (Å²) in [5, 5.41) is 0. The van der Waals surface area contributed by atoms with Crippen LogP contribution >= 0.6 is 0 Å². The lowest BCUT2D eigenvalue weighted by Crippen LogP contribution is -2.06. The van der Waals surface area contributed by atoms with Crippen molar-refractivity contribution in [3.05, 3.63) is 71.9 Å². The summed E-state index contributed by atoms with van der Waals surface area (Å²) in [5.74, 6) is 0.233. The Morgan fingerprint density at radius 3 is 2.18 bits per heavy atom. The number of ether oxygens (including phenoxy) is 1. The van der Waals surface area contributed by atoms with Crippen molar-refractivity contribution in [2.45, 2.75) is 103 Å². The molecule has 1 heterocycles. The topological polar surface area (TPSA) is 39.2 Å². The number of hydrogen-bond donors (Lipinski definition) is 0. The molecule has 0 radical (unpaired) electrons. The zero-order valence-electron chi connectivity index (χ0n) is 20.8. The van der Waals surface area contributed by atoms with Crippen molar-refractivity contribution >= 4 is 5.97 Å². The van der Waals surface area contributed by atoms with Crippen molar-refractivity contribution in [3.8, 4) is 5.88 Å². The third-order valence-electron chi connectivity index (χ3n) is 6.13. The zero-order valence-corrected chi connectivity index (χ0v) is 20.8. The van der Waals surface area contributed by atoms with E-state index in [1.807, 2.05) is 30.5 Å². The minimum Gasteiger partial charge on any atom is -0.404 e. The molecule has 0 spiro atoms. The van der Waals surface area contributed by atoms with Gasteiger partial charge in [-0.1, -0.05) is 121 Å². The number of carbonyl (C=O) groups excluding carboxylic acids is 1. The summed E-state index contributed by atoms with van der Waals surface area (Å²) in [4.78, 5) is 16.7. The molecule has 0 bridgehead atoms. The van der Waals surface area contributed by atoms with Crippen molar-refractivity contribution in [2.75, 3.05) is 0 Å². The molecule has 1 unspecified atom stereocenters. The molecule has 1 aromatic heterocycles. The van der Waals surface area contributed by atoms with Gasteiger partial charge in [0.15, 0.2) is 0 Å². The number of pyridine rings is 1. The first kappa shape index (κ1) is 26.8. The van der Waals surface area contributed by atoms with Crippen LogP contribution in [-0.2, 0) is 11.2 Å². The molecule has 0 saturated heterocycles. The number of unbranched alkanes of at least 4 members (excludes halogenated alkanes) is 9. The maximum atomic E-state index is 12.4. The molecule has 0 fully saturated rings. The third kappa shape index (κ3) is 11.8. The van der Waals surface area contributed by atoms with Crippen LogP contribution in [0.5, 0.6) is 5.88 Å². The molecule has 3 nitrogen and oxygen atoms in total. The summed E-state index contributed by atoms with van der Waals surface area (Å²) in [7, 11) is 0. The van der Waals surface area contributed by atoms with Gasteiger partial charge < -0.3 is 4.74 Å². The zero-order chi connectivity index (χ0) is 23.6. The summed E-state index contributed by atoms with van der Waals surface area (Å²) in [6.45, 7) is 4.47. The molecule has 2 rings (SSSR count). The summed E-state index contributed by atoms with van der Waals surface area (Å²) < 4.78 is 5.44. The number of carbonyl (C=O) groups is 1. The molecular weight excluding hydrogens is 406 g/mol. The first-order valence-electron chi connectivity index (χ1n) is 13.1. The first-order valence-corrected chi connectivity index (χ1v) is 13.1. The van der Waals surface area contributed by atoms with Gasteiger partial charge in [-0.05, 0) is 30.4 Å². The van der Waals surface area contributed by atoms with E-state index in [0.717, 1.165) is 19.3 Å². The van der Waals surface area contributed by atoms with E-state index in [1.54, 1.807) is 6.08 Å². The maximum Gasteiger partial charge on any atom is 0.337 e. The lowest BCUT2D eigenvalue weighted by atomic mass is 9.92. The van der Waals surface area contributed by atoms with E-state index < -0.39 is 0 Å². The molecule has 0 aliphatic rings. The predicted octanol–water partition coefficient (Wildman–Crippen LogP) is 8.59. The number of nitrogens with zero attached hydrogens (tertiary/aromatic N) is 1. The van der Waals surface area contributed by atoms with Crippen molar-refractivity contribution in [1.82, 2.24) is 4.98 Å². The number of hydrogen-bond acceptors (Lipinski definition) is 3. The fourth-order valence-corrected chi connectivity index (χ4v) is 4.10. The van der Waals surface area contributed by atoms with E-state index in [2.05, 4.69) is 43.1 Å². The molecule has 2 aromatic rings. The summed E-state index contributed by atoms with van der Waals surface area (Å²) in [6, 6.07) is 14.2. The highest BCUT2D eigenvalue weighted by Gasteiger charge is 2.09. The maximum absolute atomic E-state index is 12.4. The fraction of sp³-hybridized carbons (Fsp3) is 0.533. The Kier molecular flexibility index (Phi) is 13.9. The van der Waals surface area contributed by atoms with Gasteiger partial charge in [0.25, 0.3) is 0 Å². The standard InChI is InChI=1S/C30H43NO2/c1-3-5-7-9-10-11-13-17-26-21-23-29(31-25-26)33-30(32)24-22-28(20-14-8-6-4-2)27-18-15-12-16-19-27/h12,15-16,18-19,21-25,28H,3-11,13-14,17,20H2,1-2H3/b24-22+. The third-order valence-corrected chi connectivity index (χ3v) is 6.13. The lowest BCUT2D eigenvalue weighted by Gasteiger charge is -2.13. The van der Waals surface area contributed by atoms with Gasteiger partial charge in [0.2, 0.25) is 5.88 Å². The van der Waals surface area contributed by atoms with Gasteiger partial charge in [0, 0.05) is 24.3 Å². The highest BCUT2D eigenvalue weighted by molar-refractivity contribution is 5.83. The minimum atomic E-state index is -0.364. The first-order chi connectivity index (χ1) is 16.2. The smallest absolute Gasteiger partial charge is 0.337 e. The van der Waals surface area contributed by atoms with E-state index in [1.165, 1.54) is 75.3 Å². The Balaban J connectivity index is 1.78. The molecule has 0 N–H and O–H groups in total. The van der Waals surface area contributed by atoms with Crippen LogP contribution in [0.1, 0.15) is 108 Å². The second kappa shape index (κ2) is 17.1. The molecule has 180 valence electrons. The second-order valence-corrected chi connectivity index (χ2v) is 9.02. The number of benzene rings is 1. The average molecular weight is 450 g/mol. The van der Waals surface area contributed by atoms with Gasteiger partial charge in [0.05, 0.1) is 0 Å². The summed E-state index contributed by atoms with van der Waals surface area (Å²) in [6.07, 6.45) is 21.5. The summed E-state index contributed by atoms with van der Waals surface area (Å²) >= 11 is 0. The Bertz CT molecular complexity index is 783. The molecule has 33 heavy (non-hydrogen) atoms. The quantitative estimate of drug-likeness (QED) is 0.138. The number of rotatable bonds is 17. The van der Waals surface area contributed by atoms with Crippen molar-refractivity contribution in [3.63, 3.8) is 0 Å². The van der Waals surface area contributed by atoms with Crippen LogP contribution < -0.4 is 4.74 Å². The van der Waals surface area contributed by atoms with Crippen molar-refractivity contribution in [1.29, 1.82) is 0 Å². The van der Waals surface area contributed by atoms with E-state index in [-0.39, 0.29) is 11.9 Å². The largest absolute Gasteiger partial charge is 0.404 e. The van der Waals surface area contributed by atoms with Gasteiger partial charge in [-0.15, -0.1) is 0 Å². The molecule has 0 aliphatic carbocycles. The SMILES string of the molecule is CCCCCCCCCc1ccc(OC(=O)/C=C/C(CCCCCC)c2ccccc2)nc1. The van der Waals surface area contributed by atoms with Crippen LogP contribution in [0.25, 0.3) is 0 Å². The van der Waals surface area contributed by atoms with E-state index >= 15 is 0 Å². The molecule has 0 saturated carbocycles. The Hall–Kier alpha value is -2.42. The second-order valence-electron chi connectivity index (χ2n) is 9.02. The van der Waals surface area contributed by atoms with Crippen LogP contribution in [0, 0.1) is 0 Å². The van der Waals surface area contributed by atoms with E-state index in [0.29, 0.717) is 5.88 Å². The Labute approximate surface area is 201 Å². The predicted molar refractivity (Wildman–Crippen MR) is 139 cm³/mol. The van der Waals surface area contributed by atoms with E-state index in [4.69, 9.17) is 4.74 Å². The van der Waals surface area contributed by atoms with Gasteiger partial charge in [-0.2, -0.15) is 0 Å². The molecule has 0 aliphatic heterocycles. The lowest BCUT2D eigenvalue weighted by molar-refractivity contribution is -0.129. The van der Waals surface area contributed by atoms with Gasteiger partial charge >= 0.3 is 5.97 Å². The average Bonchev–Trinajstić information content (AvgIpc) is 2.84. The van der Waals surface area contributed by atoms with Gasteiger partial charge in [0.1, 0.15) is 0 Å². The Morgan fingerprint density at radius 1 is 0.848 bits per heavy atom. The number of allylic oxidation sites excluding steroid dienone is 1. The highest BCUT2D eigenvalue weighted by atomic mass is 16.5. The van der Waals surface area contributed by atoms with Crippen LogP contribution in [0.2, 0.25) is 0 Å². The molecule has 1 atom stereocenters. The number of aromatic nitrogens is 1. The van der Waals surface area contributed by atoms with Crippen LogP contribution in [0.4, 0.5) is 0 Å². The van der Waals surface area contributed by atoms with Crippen LogP contribution in [-0.4, -0.2) is 11.0 Å². The normalized spacial score (nSPS) is 12.2. The minimum absolute atomic E-state index is 0.230. The molecule has 3 heteroatoms. The fourth-order valence-electron chi connectivity index (χ4n) is 4.10. The monoisotopic (exact) mass is 449 g/mol. The van der Waals surface area contributed by atoms with Crippen molar-refractivity contribution in [2.24, 2.45) is 0 Å². The molecular formula is C30H43NO2. The Morgan fingerprint density at radius 2 is 1.52 bits per heavy atom. The van der Waals surface area contributed by atoms with Gasteiger partial charge in [-0.3, -0.25) is 0 Å². The highest BCUT2D eigenvalue weighted by Crippen LogP contribution is 2.24. The molecule has 0 amide bonds. The van der Waals surface area contributed by atoms with Crippen LogP contribution in [0.3, 0.4) is 0 Å². The van der Waals surface area contributed by atoms with E-state index in [9.17, 15) is 4.79 Å². The van der Waals surface area contributed by atoms with Crippen LogP contribution in [0.15, 0.2) is 60.8 Å². The number of esters is 1. The summed E-state index contributed by atoms with van der Waals surface area (Å²) in [5.41, 5.74) is 2.45. The van der Waals surface area contributed by atoms with Gasteiger partial charge in [-0.25, -0.2) is 9.78 Å². The molecule has 1 aromatic carbocycles. The number of aryl methyl sites for hydroxylation is 1. The van der Waals surface area contributed by atoms with Crippen molar-refractivity contribution < 1.29 is 9.53 Å².